The molecule has 3 aromatic heterocycles. The van der Waals surface area contributed by atoms with Gasteiger partial charge in [0.2, 0.25) is 10.0 Å². The number of halogens is 2. The molecule has 1 aliphatic rings. The van der Waals surface area contributed by atoms with E-state index in [2.05, 4.69) is 19.7 Å². The lowest BCUT2D eigenvalue weighted by atomic mass is 10.1. The highest BCUT2D eigenvalue weighted by atomic mass is 32.2. The Hall–Kier alpha value is -3.11. The van der Waals surface area contributed by atoms with E-state index in [1.807, 2.05) is 24.4 Å². The van der Waals surface area contributed by atoms with Crippen LogP contribution in [0.1, 0.15) is 13.3 Å². The van der Waals surface area contributed by atoms with Crippen molar-refractivity contribution in [1.29, 1.82) is 0 Å². The van der Waals surface area contributed by atoms with Crippen molar-refractivity contribution >= 4 is 21.1 Å². The van der Waals surface area contributed by atoms with Gasteiger partial charge in [-0.15, -0.1) is 0 Å². The molecule has 32 heavy (non-hydrogen) atoms. The molecule has 0 unspecified atom stereocenters. The summed E-state index contributed by atoms with van der Waals surface area (Å²) in [5, 5.41) is 6.73. The van der Waals surface area contributed by atoms with Crippen LogP contribution in [-0.4, -0.2) is 45.1 Å². The number of fused-ring (bicyclic) bond motifs is 1. The molecule has 1 aliphatic heterocycles. The summed E-state index contributed by atoms with van der Waals surface area (Å²) in [6, 6.07) is 8.01. The fraction of sp³-hybridized carbons (Fsp3) is 0.273. The zero-order valence-corrected chi connectivity index (χ0v) is 18.1. The van der Waals surface area contributed by atoms with Crippen LogP contribution in [0.4, 0.5) is 8.78 Å². The monoisotopic (exact) mass is 457 g/mol. The number of hydrogen-bond donors (Lipinski definition) is 1. The Bertz CT molecular complexity index is 1380. The van der Waals surface area contributed by atoms with Crippen molar-refractivity contribution in [2.75, 3.05) is 6.54 Å². The second-order valence-corrected chi connectivity index (χ2v) is 10.0. The number of nitrogens with zero attached hydrogens (tertiary/aromatic N) is 4. The fourth-order valence-corrected chi connectivity index (χ4v) is 6.24. The third kappa shape index (κ3) is 3.59. The minimum Gasteiger partial charge on any atom is -0.346 e. The van der Waals surface area contributed by atoms with Crippen molar-refractivity contribution in [2.24, 2.45) is 5.92 Å². The molecule has 10 heteroatoms. The molecule has 1 saturated heterocycles. The van der Waals surface area contributed by atoms with E-state index in [-0.39, 0.29) is 18.5 Å². The fourth-order valence-electron chi connectivity index (χ4n) is 4.44. The van der Waals surface area contributed by atoms with Crippen LogP contribution >= 0.6 is 0 Å². The summed E-state index contributed by atoms with van der Waals surface area (Å²) < 4.78 is 57.1. The number of nitrogens with one attached hydrogen (secondary N) is 1. The van der Waals surface area contributed by atoms with E-state index in [9.17, 15) is 17.2 Å². The quantitative estimate of drug-likeness (QED) is 0.494. The predicted molar refractivity (Wildman–Crippen MR) is 115 cm³/mol. The lowest BCUT2D eigenvalue weighted by molar-refractivity contribution is 0.396. The van der Waals surface area contributed by atoms with E-state index in [1.54, 1.807) is 19.3 Å². The van der Waals surface area contributed by atoms with Crippen LogP contribution in [0.2, 0.25) is 0 Å². The van der Waals surface area contributed by atoms with Gasteiger partial charge in [0.05, 0.1) is 22.9 Å². The minimum absolute atomic E-state index is 0.0283. The Morgan fingerprint density at radius 1 is 1.19 bits per heavy atom. The summed E-state index contributed by atoms with van der Waals surface area (Å²) in [5.41, 5.74) is 3.49. The van der Waals surface area contributed by atoms with Gasteiger partial charge in [0.15, 0.2) is 0 Å². The predicted octanol–water partition coefficient (Wildman–Crippen LogP) is 3.80. The van der Waals surface area contributed by atoms with E-state index >= 15 is 0 Å². The van der Waals surface area contributed by atoms with Crippen LogP contribution < -0.4 is 0 Å². The first-order valence-corrected chi connectivity index (χ1v) is 11.7. The number of rotatable bonds is 5. The molecule has 4 heterocycles. The summed E-state index contributed by atoms with van der Waals surface area (Å²) in [7, 11) is -4.14. The summed E-state index contributed by atoms with van der Waals surface area (Å²) >= 11 is 0. The van der Waals surface area contributed by atoms with Crippen molar-refractivity contribution in [1.82, 2.24) is 24.1 Å². The highest BCUT2D eigenvalue weighted by Crippen LogP contribution is 2.32. The molecule has 0 spiro atoms. The second kappa shape index (κ2) is 7.79. The molecular weight excluding hydrogens is 436 g/mol. The number of aromatic nitrogens is 4. The molecule has 1 aromatic carbocycles. The van der Waals surface area contributed by atoms with Gasteiger partial charge >= 0.3 is 0 Å². The van der Waals surface area contributed by atoms with Gasteiger partial charge in [-0.2, -0.15) is 9.40 Å². The highest BCUT2D eigenvalue weighted by Gasteiger charge is 2.39. The average Bonchev–Trinajstić information content (AvgIpc) is 3.50. The lowest BCUT2D eigenvalue weighted by Crippen LogP contribution is -2.34. The van der Waals surface area contributed by atoms with Crippen LogP contribution in [0.3, 0.4) is 0 Å². The lowest BCUT2D eigenvalue weighted by Gasteiger charge is -2.21. The van der Waals surface area contributed by atoms with E-state index in [0.29, 0.717) is 13.0 Å². The Morgan fingerprint density at radius 2 is 2.03 bits per heavy atom. The maximum absolute atomic E-state index is 14.2. The van der Waals surface area contributed by atoms with Crippen LogP contribution in [0.25, 0.3) is 22.3 Å². The van der Waals surface area contributed by atoms with Gasteiger partial charge in [-0.05, 0) is 55.7 Å². The Morgan fingerprint density at radius 3 is 2.81 bits per heavy atom. The maximum Gasteiger partial charge on any atom is 0.246 e. The van der Waals surface area contributed by atoms with Gasteiger partial charge in [-0.3, -0.25) is 5.10 Å². The van der Waals surface area contributed by atoms with Gasteiger partial charge in [0.1, 0.15) is 16.5 Å². The smallest absolute Gasteiger partial charge is 0.246 e. The first kappa shape index (κ1) is 20.8. The standard InChI is InChI=1S/C22H21F2N5O2S/c1-14-8-15(13-29(14)32(30,31)22-9-17(23)2-3-18(22)24)12-28-7-6-20-21(28)5-4-19(27-20)16-10-25-26-11-16/h2-7,9-11,14-15H,8,12-13H2,1H3,(H,25,26)/t14-,15-/m1/s1. The minimum atomic E-state index is -4.14. The number of hydrogen-bond acceptors (Lipinski definition) is 4. The number of aromatic amines is 1. The van der Waals surface area contributed by atoms with Gasteiger partial charge in [-0.25, -0.2) is 22.2 Å². The Labute approximate surface area is 183 Å². The van der Waals surface area contributed by atoms with Crippen LogP contribution in [-0.2, 0) is 16.6 Å². The van der Waals surface area contributed by atoms with Crippen molar-refractivity contribution in [2.45, 2.75) is 30.8 Å². The number of benzene rings is 1. The molecule has 166 valence electrons. The molecule has 1 fully saturated rings. The van der Waals surface area contributed by atoms with Gasteiger partial charge in [0.25, 0.3) is 0 Å². The number of sulfonamides is 1. The maximum atomic E-state index is 14.2. The molecule has 0 radical (unpaired) electrons. The molecule has 2 atom stereocenters. The SMILES string of the molecule is C[C@@H]1C[C@H](Cn2ccc3nc(-c4cn[nH]c4)ccc32)CN1S(=O)(=O)c1cc(F)ccc1F. The molecule has 5 rings (SSSR count). The van der Waals surface area contributed by atoms with E-state index in [4.69, 9.17) is 0 Å². The van der Waals surface area contributed by atoms with Crippen LogP contribution in [0.5, 0.6) is 0 Å². The second-order valence-electron chi connectivity index (χ2n) is 8.16. The molecule has 4 aromatic rings. The molecular formula is C22H21F2N5O2S. The summed E-state index contributed by atoms with van der Waals surface area (Å²) in [5.74, 6) is -1.70. The largest absolute Gasteiger partial charge is 0.346 e. The van der Waals surface area contributed by atoms with Gasteiger partial charge in [-0.1, -0.05) is 0 Å². The van der Waals surface area contributed by atoms with Crippen LogP contribution in [0, 0.1) is 17.6 Å². The van der Waals surface area contributed by atoms with Crippen LogP contribution in [0.15, 0.2) is 59.9 Å². The number of H-pyrrole nitrogens is 1. The first-order chi connectivity index (χ1) is 15.3. The topological polar surface area (TPSA) is 83.9 Å². The molecule has 7 nitrogen and oxygen atoms in total. The molecule has 0 amide bonds. The highest BCUT2D eigenvalue weighted by molar-refractivity contribution is 7.89. The third-order valence-electron chi connectivity index (χ3n) is 5.96. The van der Waals surface area contributed by atoms with Crippen molar-refractivity contribution in [3.05, 3.63) is 66.6 Å². The number of pyridine rings is 1. The summed E-state index contributed by atoms with van der Waals surface area (Å²) in [6.07, 6.45) is 6.05. The van der Waals surface area contributed by atoms with Gasteiger partial charge < -0.3 is 4.57 Å². The van der Waals surface area contributed by atoms with Crippen molar-refractivity contribution < 1.29 is 17.2 Å². The summed E-state index contributed by atoms with van der Waals surface area (Å²) in [6.45, 7) is 2.62. The molecule has 1 N–H and O–H groups in total. The Balaban J connectivity index is 1.37. The van der Waals surface area contributed by atoms with E-state index in [0.717, 1.165) is 40.5 Å². The normalized spacial score (nSPS) is 19.7. The molecule has 0 saturated carbocycles. The summed E-state index contributed by atoms with van der Waals surface area (Å²) in [4.78, 5) is 4.06. The van der Waals surface area contributed by atoms with E-state index < -0.39 is 26.6 Å². The molecule has 0 aliphatic carbocycles. The Kier molecular flexibility index (Phi) is 5.06. The van der Waals surface area contributed by atoms with Crippen molar-refractivity contribution in [3.8, 4) is 11.3 Å². The van der Waals surface area contributed by atoms with E-state index in [1.165, 1.54) is 4.31 Å². The van der Waals surface area contributed by atoms with Gasteiger partial charge in [0, 0.05) is 37.1 Å². The average molecular weight is 458 g/mol. The third-order valence-corrected chi connectivity index (χ3v) is 7.95. The molecule has 0 bridgehead atoms. The zero-order valence-electron chi connectivity index (χ0n) is 17.2. The van der Waals surface area contributed by atoms with Crippen molar-refractivity contribution in [3.63, 3.8) is 0 Å². The first-order valence-electron chi connectivity index (χ1n) is 10.2. The zero-order chi connectivity index (χ0) is 22.5.